The van der Waals surface area contributed by atoms with E-state index in [0.29, 0.717) is 0 Å². The van der Waals surface area contributed by atoms with E-state index in [2.05, 4.69) is 5.32 Å². The van der Waals surface area contributed by atoms with Crippen LogP contribution in [0.2, 0.25) is 0 Å². The van der Waals surface area contributed by atoms with Crippen LogP contribution in [0.4, 0.5) is 0 Å². The number of amides is 2. The normalized spacial score (nSPS) is 29.7. The van der Waals surface area contributed by atoms with Crippen molar-refractivity contribution >= 4 is 11.8 Å². The van der Waals surface area contributed by atoms with Gasteiger partial charge in [-0.25, -0.2) is 0 Å². The molecule has 4 nitrogen and oxygen atoms in total. The number of carbonyl (C=O) groups is 2. The van der Waals surface area contributed by atoms with Gasteiger partial charge < -0.3 is 10.2 Å². The molecule has 0 aromatic rings. The average Bonchev–Trinajstić information content (AvgIpc) is 2.04. The number of fused-ring (bicyclic) bond motifs is 1. The van der Waals surface area contributed by atoms with Crippen molar-refractivity contribution in [2.45, 2.75) is 31.8 Å². The van der Waals surface area contributed by atoms with Crippen LogP contribution in [0.5, 0.6) is 0 Å². The summed E-state index contributed by atoms with van der Waals surface area (Å²) in [5, 5.41) is 2.81. The summed E-state index contributed by atoms with van der Waals surface area (Å²) in [6.45, 7) is 0.809. The van der Waals surface area contributed by atoms with E-state index >= 15 is 0 Å². The Morgan fingerprint density at radius 1 is 1.33 bits per heavy atom. The third-order valence-corrected chi connectivity index (χ3v) is 2.46. The minimum atomic E-state index is -0.122. The van der Waals surface area contributed by atoms with Gasteiger partial charge in [-0.1, -0.05) is 0 Å². The highest BCUT2D eigenvalue weighted by atomic mass is 16.2. The van der Waals surface area contributed by atoms with Crippen LogP contribution >= 0.6 is 0 Å². The molecule has 66 valence electrons. The second-order valence-corrected chi connectivity index (χ2v) is 3.34. The molecule has 0 radical (unpaired) electrons. The quantitative estimate of drug-likeness (QED) is 0.511. The monoisotopic (exact) mass is 168 g/mol. The average molecular weight is 168 g/mol. The van der Waals surface area contributed by atoms with Gasteiger partial charge in [-0.2, -0.15) is 0 Å². The summed E-state index contributed by atoms with van der Waals surface area (Å²) >= 11 is 0. The van der Waals surface area contributed by atoms with E-state index in [-0.39, 0.29) is 24.4 Å². The Bertz CT molecular complexity index is 227. The third kappa shape index (κ3) is 1.17. The number of rotatable bonds is 0. The second kappa shape index (κ2) is 2.77. The summed E-state index contributed by atoms with van der Waals surface area (Å²) in [6, 6.07) is 0. The van der Waals surface area contributed by atoms with E-state index < -0.39 is 0 Å². The van der Waals surface area contributed by atoms with Crippen LogP contribution in [0.1, 0.15) is 25.7 Å². The maximum Gasteiger partial charge on any atom is 0.233 e. The molecule has 2 rings (SSSR count). The molecule has 0 saturated carbocycles. The maximum absolute atomic E-state index is 11.3. The standard InChI is InChI=1S/C8H12N2O2/c11-7-5-8(12)10-4-2-1-3-6(10)9-7/h6H,1-5H2,(H,9,11). The van der Waals surface area contributed by atoms with Crippen molar-refractivity contribution in [3.63, 3.8) is 0 Å². The zero-order valence-electron chi connectivity index (χ0n) is 6.88. The van der Waals surface area contributed by atoms with Gasteiger partial charge in [0, 0.05) is 6.54 Å². The fourth-order valence-corrected chi connectivity index (χ4v) is 1.86. The molecule has 12 heavy (non-hydrogen) atoms. The Balaban J connectivity index is 2.11. The molecule has 2 heterocycles. The van der Waals surface area contributed by atoms with Gasteiger partial charge in [0.15, 0.2) is 0 Å². The van der Waals surface area contributed by atoms with E-state index in [1.807, 2.05) is 0 Å². The Labute approximate surface area is 70.9 Å². The summed E-state index contributed by atoms with van der Waals surface area (Å²) in [5.41, 5.74) is 0. The molecule has 0 bridgehead atoms. The van der Waals surface area contributed by atoms with Crippen molar-refractivity contribution in [3.8, 4) is 0 Å². The molecule has 0 aromatic carbocycles. The van der Waals surface area contributed by atoms with Crippen LogP contribution in [0.25, 0.3) is 0 Å². The highest BCUT2D eigenvalue weighted by Crippen LogP contribution is 2.18. The lowest BCUT2D eigenvalue weighted by Crippen LogP contribution is -2.58. The van der Waals surface area contributed by atoms with Crippen molar-refractivity contribution in [1.29, 1.82) is 0 Å². The molecule has 1 N–H and O–H groups in total. The summed E-state index contributed by atoms with van der Waals surface area (Å²) in [4.78, 5) is 24.1. The van der Waals surface area contributed by atoms with Gasteiger partial charge in [-0.05, 0) is 19.3 Å². The summed E-state index contributed by atoms with van der Waals surface area (Å²) in [7, 11) is 0. The van der Waals surface area contributed by atoms with Crippen molar-refractivity contribution in [1.82, 2.24) is 10.2 Å². The molecule has 0 aliphatic carbocycles. The highest BCUT2D eigenvalue weighted by molar-refractivity contribution is 5.99. The van der Waals surface area contributed by atoms with E-state index in [1.165, 1.54) is 0 Å². The first-order valence-corrected chi connectivity index (χ1v) is 4.36. The van der Waals surface area contributed by atoms with Gasteiger partial charge in [0.2, 0.25) is 11.8 Å². The Hall–Kier alpha value is -1.06. The van der Waals surface area contributed by atoms with Crippen LogP contribution < -0.4 is 5.32 Å². The number of carbonyl (C=O) groups excluding carboxylic acids is 2. The van der Waals surface area contributed by atoms with Crippen molar-refractivity contribution in [2.75, 3.05) is 6.54 Å². The lowest BCUT2D eigenvalue weighted by atomic mass is 10.0. The van der Waals surface area contributed by atoms with Gasteiger partial charge in [-0.3, -0.25) is 9.59 Å². The van der Waals surface area contributed by atoms with Gasteiger partial charge in [-0.15, -0.1) is 0 Å². The van der Waals surface area contributed by atoms with E-state index in [4.69, 9.17) is 0 Å². The summed E-state index contributed by atoms with van der Waals surface area (Å²) in [6.07, 6.45) is 3.12. The lowest BCUT2D eigenvalue weighted by molar-refractivity contribution is -0.146. The second-order valence-electron chi connectivity index (χ2n) is 3.34. The first kappa shape index (κ1) is 7.58. The molecule has 2 saturated heterocycles. The summed E-state index contributed by atoms with van der Waals surface area (Å²) in [5.74, 6) is -0.133. The van der Waals surface area contributed by atoms with E-state index in [9.17, 15) is 9.59 Å². The molecule has 2 amide bonds. The van der Waals surface area contributed by atoms with Gasteiger partial charge in [0.1, 0.15) is 12.6 Å². The van der Waals surface area contributed by atoms with E-state index in [0.717, 1.165) is 25.8 Å². The zero-order chi connectivity index (χ0) is 8.55. The van der Waals surface area contributed by atoms with Crippen LogP contribution in [-0.4, -0.2) is 29.4 Å². The topological polar surface area (TPSA) is 49.4 Å². The lowest BCUT2D eigenvalue weighted by Gasteiger charge is -2.39. The van der Waals surface area contributed by atoms with Gasteiger partial charge in [0.25, 0.3) is 0 Å². The predicted octanol–water partition coefficient (Wildman–Crippen LogP) is -0.155. The first-order valence-electron chi connectivity index (χ1n) is 4.36. The number of hydrogen-bond acceptors (Lipinski definition) is 2. The number of piperidine rings is 1. The SMILES string of the molecule is O=C1CC(=O)N2CCCCC2N1. The number of nitrogens with zero attached hydrogens (tertiary/aromatic N) is 1. The molecule has 2 aliphatic rings. The fourth-order valence-electron chi connectivity index (χ4n) is 1.86. The van der Waals surface area contributed by atoms with E-state index in [1.54, 1.807) is 4.90 Å². The van der Waals surface area contributed by atoms with Crippen LogP contribution in [-0.2, 0) is 9.59 Å². The largest absolute Gasteiger partial charge is 0.335 e. The maximum atomic E-state index is 11.3. The van der Waals surface area contributed by atoms with Crippen LogP contribution in [0.15, 0.2) is 0 Å². The minimum absolute atomic E-state index is 0.00694. The first-order chi connectivity index (χ1) is 5.77. The van der Waals surface area contributed by atoms with Gasteiger partial charge >= 0.3 is 0 Å². The van der Waals surface area contributed by atoms with Gasteiger partial charge in [0.05, 0.1) is 0 Å². The van der Waals surface area contributed by atoms with Crippen LogP contribution in [0.3, 0.4) is 0 Å². The number of nitrogens with one attached hydrogen (secondary N) is 1. The fraction of sp³-hybridized carbons (Fsp3) is 0.750. The highest BCUT2D eigenvalue weighted by Gasteiger charge is 2.33. The number of hydrogen-bond donors (Lipinski definition) is 1. The molecule has 1 atom stereocenters. The summed E-state index contributed by atoms with van der Waals surface area (Å²) < 4.78 is 0. The zero-order valence-corrected chi connectivity index (χ0v) is 6.88. The van der Waals surface area contributed by atoms with Crippen LogP contribution in [0, 0.1) is 0 Å². The molecule has 4 heteroatoms. The Morgan fingerprint density at radius 2 is 2.17 bits per heavy atom. The molecule has 2 fully saturated rings. The Morgan fingerprint density at radius 3 is 3.00 bits per heavy atom. The molecule has 2 aliphatic heterocycles. The molecular weight excluding hydrogens is 156 g/mol. The predicted molar refractivity (Wildman–Crippen MR) is 42.1 cm³/mol. The van der Waals surface area contributed by atoms with Crippen molar-refractivity contribution < 1.29 is 9.59 Å². The molecule has 1 unspecified atom stereocenters. The smallest absolute Gasteiger partial charge is 0.233 e. The van der Waals surface area contributed by atoms with Crippen molar-refractivity contribution in [2.24, 2.45) is 0 Å². The minimum Gasteiger partial charge on any atom is -0.335 e. The molecule has 0 spiro atoms. The molecular formula is C8H12N2O2. The Kier molecular flexibility index (Phi) is 1.75. The molecule has 0 aromatic heterocycles. The van der Waals surface area contributed by atoms with Crippen molar-refractivity contribution in [3.05, 3.63) is 0 Å². The third-order valence-electron chi connectivity index (χ3n) is 2.46.